The second-order valence-electron chi connectivity index (χ2n) is 9.25. The third kappa shape index (κ3) is 4.09. The third-order valence-electron chi connectivity index (χ3n) is 6.74. The highest BCUT2D eigenvalue weighted by Gasteiger charge is 2.50. The summed E-state index contributed by atoms with van der Waals surface area (Å²) in [5, 5.41) is 13.9. The molecule has 180 valence electrons. The number of rotatable bonds is 4. The fourth-order valence-corrected chi connectivity index (χ4v) is 7.41. The van der Waals surface area contributed by atoms with Crippen molar-refractivity contribution in [3.63, 3.8) is 0 Å². The lowest BCUT2D eigenvalue weighted by Crippen LogP contribution is -2.55. The van der Waals surface area contributed by atoms with Crippen LogP contribution in [0.4, 0.5) is 5.82 Å². The van der Waals surface area contributed by atoms with Crippen molar-refractivity contribution < 1.29 is 14.2 Å². The van der Waals surface area contributed by atoms with E-state index in [1.54, 1.807) is 22.8 Å². The molecule has 8 nitrogen and oxygen atoms in total. The lowest BCUT2D eigenvalue weighted by molar-refractivity contribution is 0.119. The van der Waals surface area contributed by atoms with E-state index in [9.17, 15) is 14.2 Å². The SMILES string of the molecule is Cc1cncc(N2[C@]3(C=CS2(O)O)CCN(Cc2ccc(O)c(-c4nscc4C)c2)[C@@H](C)C3)n1. The van der Waals surface area contributed by atoms with Crippen LogP contribution in [0, 0.1) is 13.8 Å². The molecule has 1 spiro atoms. The summed E-state index contributed by atoms with van der Waals surface area (Å²) in [5.74, 6) is 0.729. The molecule has 0 saturated carbocycles. The second kappa shape index (κ2) is 8.62. The van der Waals surface area contributed by atoms with E-state index in [2.05, 4.69) is 26.2 Å². The zero-order valence-electron chi connectivity index (χ0n) is 19.4. The number of hydrogen-bond acceptors (Lipinski definition) is 9. The minimum absolute atomic E-state index is 0.185. The van der Waals surface area contributed by atoms with Crippen LogP contribution in [0.5, 0.6) is 5.75 Å². The van der Waals surface area contributed by atoms with E-state index < -0.39 is 16.3 Å². The Morgan fingerprint density at radius 3 is 2.76 bits per heavy atom. The first-order chi connectivity index (χ1) is 16.2. The molecule has 1 fully saturated rings. The monoisotopic (exact) mass is 499 g/mol. The average molecular weight is 500 g/mol. The zero-order valence-corrected chi connectivity index (χ0v) is 21.1. The molecule has 2 aliphatic rings. The van der Waals surface area contributed by atoms with Crippen LogP contribution in [0.25, 0.3) is 11.3 Å². The van der Waals surface area contributed by atoms with Crippen molar-refractivity contribution in [2.24, 2.45) is 0 Å². The molecule has 0 unspecified atom stereocenters. The van der Waals surface area contributed by atoms with Crippen molar-refractivity contribution in [1.29, 1.82) is 0 Å². The van der Waals surface area contributed by atoms with Crippen molar-refractivity contribution >= 4 is 28.1 Å². The minimum Gasteiger partial charge on any atom is -0.507 e. The number of aryl methyl sites for hydroxylation is 2. The van der Waals surface area contributed by atoms with Gasteiger partial charge in [0, 0.05) is 41.7 Å². The van der Waals surface area contributed by atoms with Crippen LogP contribution in [-0.4, -0.2) is 51.6 Å². The van der Waals surface area contributed by atoms with E-state index in [0.717, 1.165) is 54.0 Å². The molecule has 1 saturated heterocycles. The summed E-state index contributed by atoms with van der Waals surface area (Å²) >= 11 is 1.39. The molecule has 34 heavy (non-hydrogen) atoms. The summed E-state index contributed by atoms with van der Waals surface area (Å²) in [5.41, 5.74) is 3.96. The lowest BCUT2D eigenvalue weighted by atomic mass is 9.83. The van der Waals surface area contributed by atoms with Crippen LogP contribution in [-0.2, 0) is 6.54 Å². The Balaban J connectivity index is 1.37. The number of hydrogen-bond donors (Lipinski definition) is 3. The molecule has 0 aliphatic carbocycles. The van der Waals surface area contributed by atoms with Gasteiger partial charge >= 0.3 is 0 Å². The van der Waals surface area contributed by atoms with Gasteiger partial charge in [-0.3, -0.25) is 19.0 Å². The highest BCUT2D eigenvalue weighted by Crippen LogP contribution is 2.59. The summed E-state index contributed by atoms with van der Waals surface area (Å²) in [4.78, 5) is 11.2. The van der Waals surface area contributed by atoms with Gasteiger partial charge in [0.1, 0.15) is 5.75 Å². The number of nitrogens with zero attached hydrogens (tertiary/aromatic N) is 5. The summed E-state index contributed by atoms with van der Waals surface area (Å²) in [6.45, 7) is 7.54. The van der Waals surface area contributed by atoms with Crippen LogP contribution >= 0.6 is 22.3 Å². The predicted octanol–water partition coefficient (Wildman–Crippen LogP) is 5.35. The molecule has 0 amide bonds. The normalized spacial score (nSPS) is 25.2. The van der Waals surface area contributed by atoms with E-state index in [4.69, 9.17) is 0 Å². The van der Waals surface area contributed by atoms with Crippen LogP contribution in [0.1, 0.15) is 36.6 Å². The van der Waals surface area contributed by atoms with Gasteiger partial charge in [0.15, 0.2) is 5.82 Å². The molecule has 2 atom stereocenters. The van der Waals surface area contributed by atoms with E-state index in [1.807, 2.05) is 37.4 Å². The van der Waals surface area contributed by atoms with Crippen molar-refractivity contribution in [3.8, 4) is 17.0 Å². The topological polar surface area (TPSA) is 106 Å². The van der Waals surface area contributed by atoms with Gasteiger partial charge in [-0.25, -0.2) is 9.29 Å². The highest BCUT2D eigenvalue weighted by molar-refractivity contribution is 8.28. The van der Waals surface area contributed by atoms with Crippen LogP contribution < -0.4 is 4.31 Å². The Morgan fingerprint density at radius 2 is 2.06 bits per heavy atom. The smallest absolute Gasteiger partial charge is 0.166 e. The molecular weight excluding hydrogens is 470 g/mol. The average Bonchev–Trinajstić information content (AvgIpc) is 3.31. The van der Waals surface area contributed by atoms with E-state index in [-0.39, 0.29) is 11.8 Å². The molecule has 1 aromatic carbocycles. The Bertz CT molecular complexity index is 1250. The van der Waals surface area contributed by atoms with E-state index in [0.29, 0.717) is 5.82 Å². The second-order valence-corrected chi connectivity index (χ2v) is 11.6. The van der Waals surface area contributed by atoms with Gasteiger partial charge in [-0.1, -0.05) is 16.8 Å². The van der Waals surface area contributed by atoms with Crippen molar-refractivity contribution in [2.75, 3.05) is 10.8 Å². The summed E-state index contributed by atoms with van der Waals surface area (Å²) in [6, 6.07) is 5.91. The third-order valence-corrected chi connectivity index (χ3v) is 9.07. The maximum absolute atomic E-state index is 10.8. The molecule has 10 heteroatoms. The minimum atomic E-state index is -3.11. The molecule has 2 aliphatic heterocycles. The number of likely N-dealkylation sites (tertiary alicyclic amines) is 1. The first-order valence-electron chi connectivity index (χ1n) is 11.2. The molecule has 0 bridgehead atoms. The molecule has 4 heterocycles. The van der Waals surface area contributed by atoms with Gasteiger partial charge in [-0.05, 0) is 74.5 Å². The van der Waals surface area contributed by atoms with Gasteiger partial charge in [0.25, 0.3) is 0 Å². The fourth-order valence-electron chi connectivity index (χ4n) is 5.05. The standard InChI is InChI=1S/C24H29N5O3S2/c1-16-15-33-27-23(16)20-10-19(4-5-21(20)30)14-28-8-6-24(11-18(28)3)7-9-34(31,32)29(24)22-13-25-12-17(2)26-22/h4-5,7,9-10,12-13,15,18,30-32H,6,8,11,14H2,1-3H3/t18-,24-/m0/s1. The van der Waals surface area contributed by atoms with Crippen LogP contribution in [0.3, 0.4) is 0 Å². The molecular formula is C24H29N5O3S2. The Labute approximate surface area is 205 Å². The molecule has 2 aromatic heterocycles. The number of benzene rings is 1. The maximum Gasteiger partial charge on any atom is 0.166 e. The van der Waals surface area contributed by atoms with Crippen molar-refractivity contribution in [1.82, 2.24) is 19.2 Å². The largest absolute Gasteiger partial charge is 0.507 e. The zero-order chi connectivity index (χ0) is 24.1. The number of aromatic hydroxyl groups is 1. The fraction of sp³-hybridized carbons (Fsp3) is 0.375. The Morgan fingerprint density at radius 1 is 1.24 bits per heavy atom. The molecule has 0 radical (unpaired) electrons. The van der Waals surface area contributed by atoms with Gasteiger partial charge in [0.05, 0.1) is 23.1 Å². The van der Waals surface area contributed by atoms with Gasteiger partial charge < -0.3 is 5.11 Å². The first-order valence-corrected chi connectivity index (χ1v) is 13.6. The quantitative estimate of drug-likeness (QED) is 0.441. The number of phenolic OH excluding ortho intramolecular Hbond substituents is 1. The predicted molar refractivity (Wildman–Crippen MR) is 137 cm³/mol. The Hall–Kier alpha value is -2.50. The Kier molecular flexibility index (Phi) is 5.89. The van der Waals surface area contributed by atoms with Crippen molar-refractivity contribution in [2.45, 2.75) is 51.7 Å². The summed E-state index contributed by atoms with van der Waals surface area (Å²) in [7, 11) is -3.11. The van der Waals surface area contributed by atoms with Gasteiger partial charge in [-0.15, -0.1) is 0 Å². The summed E-state index contributed by atoms with van der Waals surface area (Å²) < 4.78 is 27.8. The van der Waals surface area contributed by atoms with E-state index >= 15 is 0 Å². The molecule has 3 aromatic rings. The van der Waals surface area contributed by atoms with Crippen LogP contribution in [0.2, 0.25) is 0 Å². The number of aromatic nitrogens is 3. The first kappa shape index (κ1) is 23.3. The van der Waals surface area contributed by atoms with E-state index in [1.165, 1.54) is 16.9 Å². The molecule has 5 rings (SSSR count). The number of piperidine rings is 1. The number of anilines is 1. The van der Waals surface area contributed by atoms with Crippen molar-refractivity contribution in [3.05, 3.63) is 64.3 Å². The van der Waals surface area contributed by atoms with Gasteiger partial charge in [0.2, 0.25) is 0 Å². The lowest BCUT2D eigenvalue weighted by Gasteiger charge is -2.51. The van der Waals surface area contributed by atoms with Gasteiger partial charge in [-0.2, -0.15) is 4.37 Å². The summed E-state index contributed by atoms with van der Waals surface area (Å²) in [6.07, 6.45) is 6.67. The highest BCUT2D eigenvalue weighted by atomic mass is 32.3. The van der Waals surface area contributed by atoms with Crippen LogP contribution in [0.15, 0.2) is 47.5 Å². The maximum atomic E-state index is 10.8. The number of phenols is 1. The molecule has 3 N–H and O–H groups in total.